The first-order valence-corrected chi connectivity index (χ1v) is 11.1. The Morgan fingerprint density at radius 1 is 0.688 bits per heavy atom. The molecule has 0 rings (SSSR count). The second kappa shape index (κ2) is 28.6. The van der Waals surface area contributed by atoms with Crippen LogP contribution >= 0.6 is 7.82 Å². The van der Waals surface area contributed by atoms with Gasteiger partial charge in [-0.3, -0.25) is 14.5 Å². The van der Waals surface area contributed by atoms with Gasteiger partial charge in [-0.1, -0.05) is 40.5 Å². The third-order valence-corrected chi connectivity index (χ3v) is 2.32. The molecule has 0 saturated heterocycles. The Bertz CT molecular complexity index is 497. The molecule has 0 radical (unpaired) electrons. The van der Waals surface area contributed by atoms with Gasteiger partial charge in [-0.05, 0) is 19.3 Å². The van der Waals surface area contributed by atoms with Gasteiger partial charge in [0.1, 0.15) is 19.6 Å². The molecule has 0 fully saturated rings. The fraction of sp³-hybridized carbons (Fsp3) is 0.500. The molecular formula is C18H36N3O10P. The summed E-state index contributed by atoms with van der Waals surface area (Å²) in [6, 6.07) is 0. The van der Waals surface area contributed by atoms with Crippen molar-refractivity contribution in [3.8, 4) is 0 Å². The maximum atomic E-state index is 10.3. The summed E-state index contributed by atoms with van der Waals surface area (Å²) in [6.07, 6.45) is 6.41. The van der Waals surface area contributed by atoms with Crippen molar-refractivity contribution >= 4 is 25.7 Å². The number of hydroxylamine groups is 3. The maximum Gasteiger partial charge on any atom is 0.389 e. The highest BCUT2D eigenvalue weighted by molar-refractivity contribution is 7.40. The van der Waals surface area contributed by atoms with E-state index in [0.717, 1.165) is 57.1 Å². The van der Waals surface area contributed by atoms with Crippen molar-refractivity contribution in [3.63, 3.8) is 0 Å². The van der Waals surface area contributed by atoms with E-state index < -0.39 is 7.82 Å². The molecule has 0 aliphatic carbocycles. The fourth-order valence-electron chi connectivity index (χ4n) is 0.921. The van der Waals surface area contributed by atoms with E-state index in [9.17, 15) is 14.4 Å². The average molecular weight is 485 g/mol. The molecule has 14 heteroatoms. The fourth-order valence-corrected chi connectivity index (χ4v) is 0.921. The molecule has 6 N–H and O–H groups in total. The summed E-state index contributed by atoms with van der Waals surface area (Å²) in [4.78, 5) is 70.2. The molecule has 0 aromatic heterocycles. The van der Waals surface area contributed by atoms with Crippen LogP contribution in [0.3, 0.4) is 0 Å². The van der Waals surface area contributed by atoms with Gasteiger partial charge in [0.05, 0.1) is 0 Å². The molecule has 0 atom stereocenters. The van der Waals surface area contributed by atoms with E-state index in [1.807, 2.05) is 20.8 Å². The highest BCUT2D eigenvalue weighted by atomic mass is 31.2. The van der Waals surface area contributed by atoms with Crippen LogP contribution in [0.4, 0.5) is 0 Å². The lowest BCUT2D eigenvalue weighted by atomic mass is 10.5. The van der Waals surface area contributed by atoms with Crippen molar-refractivity contribution in [1.29, 1.82) is 0 Å². The zero-order valence-electron chi connectivity index (χ0n) is 18.9. The summed E-state index contributed by atoms with van der Waals surface area (Å²) < 4.78 is 8.55. The first kappa shape index (κ1) is 37.0. The smallest absolute Gasteiger partial charge is 0.389 e. The number of quaternary nitrogens is 3. The first-order valence-electron chi connectivity index (χ1n) is 9.60. The van der Waals surface area contributed by atoms with E-state index in [-0.39, 0.29) is 17.9 Å². The van der Waals surface area contributed by atoms with Crippen LogP contribution in [0.15, 0.2) is 38.0 Å². The lowest BCUT2D eigenvalue weighted by Crippen LogP contribution is -2.83. The quantitative estimate of drug-likeness (QED) is 0.105. The van der Waals surface area contributed by atoms with E-state index in [0.29, 0.717) is 0 Å². The van der Waals surface area contributed by atoms with Gasteiger partial charge in [0.2, 0.25) is 0 Å². The summed E-state index contributed by atoms with van der Waals surface area (Å²) in [6.45, 7) is 18.2. The van der Waals surface area contributed by atoms with Crippen molar-refractivity contribution in [2.75, 3.05) is 19.6 Å². The Balaban J connectivity index is -0.000000167. The standard InChI is InChI=1S/3C6H11NO2.H3O4P/c3*1-3-5-7-9-6(8)4-2;1-5(2,3)4/h3*4,7H,2-3,5H2,1H3;(H3,1,2,3,4). The van der Waals surface area contributed by atoms with Gasteiger partial charge in [-0.2, -0.15) is 24.3 Å². The number of carbonyl (C=O) groups excluding carboxylic acids is 3. The van der Waals surface area contributed by atoms with E-state index in [1.165, 1.54) is 16.4 Å². The van der Waals surface area contributed by atoms with Crippen LogP contribution < -0.4 is 31.1 Å². The predicted octanol–water partition coefficient (Wildman–Crippen LogP) is -4.01. The van der Waals surface area contributed by atoms with Gasteiger partial charge >= 0.3 is 17.9 Å². The summed E-state index contributed by atoms with van der Waals surface area (Å²) in [5, 5.41) is 0. The second-order valence-corrected chi connectivity index (χ2v) is 6.13. The lowest BCUT2D eigenvalue weighted by molar-refractivity contribution is -0.871. The van der Waals surface area contributed by atoms with Crippen molar-refractivity contribution < 1.29 is 64.6 Å². The number of rotatable bonds is 12. The Kier molecular flexibility index (Phi) is 33.1. The number of nitrogens with two attached hydrogens (primary N) is 3. The maximum absolute atomic E-state index is 10.3. The zero-order valence-corrected chi connectivity index (χ0v) is 19.8. The highest BCUT2D eigenvalue weighted by Crippen LogP contribution is 2.03. The molecule has 13 nitrogen and oxygen atoms in total. The molecule has 0 saturated carbocycles. The van der Waals surface area contributed by atoms with Crippen LogP contribution in [-0.2, 0) is 33.5 Å². The molecular weight excluding hydrogens is 449 g/mol. The summed E-state index contributed by atoms with van der Waals surface area (Å²) >= 11 is 0. The van der Waals surface area contributed by atoms with Gasteiger partial charge in [0.15, 0.2) is 0 Å². The Labute approximate surface area is 188 Å². The van der Waals surface area contributed by atoms with Gasteiger partial charge < -0.3 is 19.2 Å². The SMILES string of the molecule is C=CC(=O)O[NH2+]CCC.C=CC(=O)O[NH2+]CCC.C=CC(=O)O[NH2+]CCC.O=P([O-])([O-])[O-]. The molecule has 0 aromatic rings. The molecule has 0 aliphatic heterocycles. The Morgan fingerprint density at radius 2 is 0.875 bits per heavy atom. The monoisotopic (exact) mass is 485 g/mol. The number of hydrogen-bond acceptors (Lipinski definition) is 10. The summed E-state index contributed by atoms with van der Waals surface area (Å²) in [7, 11) is -5.39. The normalized spacial score (nSPS) is 9.06. The molecule has 0 amide bonds. The summed E-state index contributed by atoms with van der Waals surface area (Å²) in [5.74, 6) is -1.16. The molecule has 0 heterocycles. The van der Waals surface area contributed by atoms with Crippen molar-refractivity contribution in [1.82, 2.24) is 0 Å². The van der Waals surface area contributed by atoms with Gasteiger partial charge in [-0.15, -0.1) is 0 Å². The molecule has 32 heavy (non-hydrogen) atoms. The lowest BCUT2D eigenvalue weighted by Gasteiger charge is -2.36. The predicted molar refractivity (Wildman–Crippen MR) is 108 cm³/mol. The van der Waals surface area contributed by atoms with Crippen LogP contribution in [0.5, 0.6) is 0 Å². The van der Waals surface area contributed by atoms with Crippen molar-refractivity contribution in [2.45, 2.75) is 40.0 Å². The number of hydrogen-bond donors (Lipinski definition) is 3. The van der Waals surface area contributed by atoms with E-state index in [2.05, 4.69) is 34.2 Å². The third kappa shape index (κ3) is 56.5. The molecule has 0 spiro atoms. The minimum absolute atomic E-state index is 0.386. The minimum Gasteiger partial charge on any atom is -0.822 e. The van der Waals surface area contributed by atoms with Crippen LogP contribution in [0.25, 0.3) is 0 Å². The second-order valence-electron chi connectivity index (χ2n) is 5.24. The zero-order chi connectivity index (χ0) is 25.8. The molecule has 0 unspecified atom stereocenters. The third-order valence-electron chi connectivity index (χ3n) is 2.32. The van der Waals surface area contributed by atoms with E-state index in [1.54, 1.807) is 0 Å². The first-order chi connectivity index (χ1) is 14.9. The van der Waals surface area contributed by atoms with Gasteiger partial charge in [-0.25, -0.2) is 14.4 Å². The minimum atomic E-state index is -5.39. The van der Waals surface area contributed by atoms with Gasteiger partial charge in [0, 0.05) is 18.2 Å². The van der Waals surface area contributed by atoms with E-state index in [4.69, 9.17) is 19.2 Å². The van der Waals surface area contributed by atoms with E-state index >= 15 is 0 Å². The molecule has 0 bridgehead atoms. The van der Waals surface area contributed by atoms with Crippen LogP contribution in [0.1, 0.15) is 40.0 Å². The molecule has 0 aliphatic rings. The van der Waals surface area contributed by atoms with Crippen LogP contribution in [0, 0.1) is 0 Å². The largest absolute Gasteiger partial charge is 0.822 e. The Hall–Kier alpha value is -2.38. The summed E-state index contributed by atoms with van der Waals surface area (Å²) in [5.41, 5.74) is 4.47. The van der Waals surface area contributed by atoms with Crippen molar-refractivity contribution in [2.24, 2.45) is 0 Å². The van der Waals surface area contributed by atoms with Crippen molar-refractivity contribution in [3.05, 3.63) is 38.0 Å². The van der Waals surface area contributed by atoms with Crippen LogP contribution in [-0.4, -0.2) is 37.5 Å². The number of carbonyl (C=O) groups is 3. The van der Waals surface area contributed by atoms with Gasteiger partial charge in [0.25, 0.3) is 0 Å². The Morgan fingerprint density at radius 3 is 1.00 bits per heavy atom. The molecule has 0 aromatic carbocycles. The van der Waals surface area contributed by atoms with Crippen LogP contribution in [0.2, 0.25) is 0 Å². The highest BCUT2D eigenvalue weighted by Gasteiger charge is 1.96. The molecule has 188 valence electrons. The average Bonchev–Trinajstić information content (AvgIpc) is 2.73. The number of phosphoric acid groups is 1. The topological polar surface area (TPSA) is 215 Å².